The first-order chi connectivity index (χ1) is 17.0. The molecule has 36 heavy (non-hydrogen) atoms. The van der Waals surface area contributed by atoms with Crippen LogP contribution < -0.4 is 21.7 Å². The van der Waals surface area contributed by atoms with Crippen molar-refractivity contribution < 1.29 is 27.5 Å². The number of imidazole rings is 1. The van der Waals surface area contributed by atoms with Crippen LogP contribution in [0.15, 0.2) is 24.8 Å². The number of nitrogens with two attached hydrogens (primary N) is 2. The predicted molar refractivity (Wildman–Crippen MR) is 121 cm³/mol. The Labute approximate surface area is 202 Å². The van der Waals surface area contributed by atoms with Gasteiger partial charge in [0.15, 0.2) is 17.6 Å². The number of hydrogen-bond donors (Lipinski definition) is 4. The summed E-state index contributed by atoms with van der Waals surface area (Å²) in [6.45, 7) is -0.0645. The fourth-order valence-corrected chi connectivity index (χ4v) is 4.51. The number of benzene rings is 1. The minimum Gasteiger partial charge on any atom is -0.382 e. The second kappa shape index (κ2) is 8.55. The first-order valence-corrected chi connectivity index (χ1v) is 11.3. The highest BCUT2D eigenvalue weighted by Crippen LogP contribution is 2.41. The third-order valence-corrected chi connectivity index (χ3v) is 6.63. The molecule has 0 radical (unpaired) electrons. The number of rotatable bonds is 6. The minimum atomic E-state index is -5.12. The molecule has 0 bridgehead atoms. The van der Waals surface area contributed by atoms with E-state index in [-0.39, 0.29) is 66.2 Å². The molecule has 1 aliphatic heterocycles. The maximum atomic E-state index is 14.9. The van der Waals surface area contributed by atoms with E-state index in [4.69, 9.17) is 11.5 Å². The number of carbonyl (C=O) groups excluding carboxylic acids is 1. The summed E-state index contributed by atoms with van der Waals surface area (Å²) in [6, 6.07) is 2.28. The molecule has 5 rings (SSSR count). The van der Waals surface area contributed by atoms with Gasteiger partial charge in [-0.3, -0.25) is 4.79 Å². The quantitative estimate of drug-likeness (QED) is 0.365. The van der Waals surface area contributed by atoms with Gasteiger partial charge in [0.05, 0.1) is 12.9 Å². The molecule has 3 aromatic rings. The Hall–Kier alpha value is -3.52. The highest BCUT2D eigenvalue weighted by molar-refractivity contribution is 5.88. The van der Waals surface area contributed by atoms with Crippen LogP contribution >= 0.6 is 0 Å². The number of halogens is 4. The van der Waals surface area contributed by atoms with E-state index >= 15 is 0 Å². The number of aliphatic hydroxyl groups excluding tert-OH is 1. The van der Waals surface area contributed by atoms with E-state index in [0.717, 1.165) is 18.9 Å². The highest BCUT2D eigenvalue weighted by Gasteiger charge is 2.46. The molecule has 6 N–H and O–H groups in total. The Kier molecular flexibility index (Phi) is 5.75. The number of nitrogens with zero attached hydrogens (tertiary/aromatic N) is 5. The molecule has 2 atom stereocenters. The average molecular weight is 508 g/mol. The molecule has 2 fully saturated rings. The van der Waals surface area contributed by atoms with Gasteiger partial charge >= 0.3 is 6.18 Å². The Bertz CT molecular complexity index is 1330. The summed E-state index contributed by atoms with van der Waals surface area (Å²) in [5.74, 6) is -1.48. The maximum Gasteiger partial charge on any atom is 0.418 e. The van der Waals surface area contributed by atoms with Crippen molar-refractivity contribution in [3.63, 3.8) is 0 Å². The van der Waals surface area contributed by atoms with Gasteiger partial charge in [-0.25, -0.2) is 19.3 Å². The van der Waals surface area contributed by atoms with Gasteiger partial charge in [0.1, 0.15) is 23.2 Å². The molecule has 2 aromatic heterocycles. The van der Waals surface area contributed by atoms with Gasteiger partial charge in [-0.1, -0.05) is 0 Å². The number of anilines is 2. The van der Waals surface area contributed by atoms with E-state index in [1.165, 1.54) is 23.3 Å². The molecular formula is C22H24F4N8O2. The first kappa shape index (κ1) is 24.2. The number of aliphatic hydroxyl groups is 1. The van der Waals surface area contributed by atoms with Crippen LogP contribution in [0.3, 0.4) is 0 Å². The molecule has 3 heterocycles. The number of alkyl halides is 3. The summed E-state index contributed by atoms with van der Waals surface area (Å²) in [4.78, 5) is 26.4. The Balaban J connectivity index is 1.57. The van der Waals surface area contributed by atoms with Crippen molar-refractivity contribution in [3.05, 3.63) is 41.7 Å². The van der Waals surface area contributed by atoms with Gasteiger partial charge in [-0.15, -0.1) is 0 Å². The van der Waals surface area contributed by atoms with Crippen molar-refractivity contribution >= 4 is 28.6 Å². The lowest BCUT2D eigenvalue weighted by Gasteiger charge is -2.28. The van der Waals surface area contributed by atoms with Gasteiger partial charge < -0.3 is 31.4 Å². The third-order valence-electron chi connectivity index (χ3n) is 6.63. The molecule has 14 heteroatoms. The summed E-state index contributed by atoms with van der Waals surface area (Å²) in [5.41, 5.74) is 10.5. The molecule has 1 saturated carbocycles. The lowest BCUT2D eigenvalue weighted by molar-refractivity contribution is -0.207. The summed E-state index contributed by atoms with van der Waals surface area (Å²) in [6.07, 6.45) is -3.73. The predicted octanol–water partition coefficient (Wildman–Crippen LogP) is 1.38. The SMILES string of the molecule is Nc1ncnc2c1ncn2Cc1c(N2CCC(N)(C(=O)NC3CC3)C2)ccc(F)c1[C@H](O)C(F)(F)F. The number of fused-ring (bicyclic) bond motifs is 1. The van der Waals surface area contributed by atoms with Gasteiger partial charge in [0, 0.05) is 35.9 Å². The van der Waals surface area contributed by atoms with E-state index in [0.29, 0.717) is 0 Å². The molecule has 1 amide bonds. The van der Waals surface area contributed by atoms with Crippen LogP contribution in [0.4, 0.5) is 29.1 Å². The van der Waals surface area contributed by atoms with E-state index in [1.807, 2.05) is 0 Å². The van der Waals surface area contributed by atoms with Gasteiger partial charge in [0.2, 0.25) is 5.91 Å². The second-order valence-electron chi connectivity index (χ2n) is 9.28. The molecule has 1 aromatic carbocycles. The van der Waals surface area contributed by atoms with Crippen molar-refractivity contribution in [2.24, 2.45) is 5.73 Å². The average Bonchev–Trinajstić information content (AvgIpc) is 3.39. The van der Waals surface area contributed by atoms with Crippen LogP contribution in [0.2, 0.25) is 0 Å². The van der Waals surface area contributed by atoms with Crippen molar-refractivity contribution in [2.45, 2.75) is 49.7 Å². The number of carbonyl (C=O) groups is 1. The highest BCUT2D eigenvalue weighted by atomic mass is 19.4. The Morgan fingerprint density at radius 3 is 2.72 bits per heavy atom. The van der Waals surface area contributed by atoms with Crippen LogP contribution in [-0.4, -0.2) is 61.4 Å². The van der Waals surface area contributed by atoms with Crippen molar-refractivity contribution in [3.8, 4) is 0 Å². The minimum absolute atomic E-state index is 0.00549. The van der Waals surface area contributed by atoms with Gasteiger partial charge in [-0.2, -0.15) is 13.2 Å². The maximum absolute atomic E-state index is 14.9. The monoisotopic (exact) mass is 508 g/mol. The molecular weight excluding hydrogens is 484 g/mol. The normalized spacial score (nSPS) is 21.2. The molecule has 1 saturated heterocycles. The topological polar surface area (TPSA) is 148 Å². The van der Waals surface area contributed by atoms with Crippen molar-refractivity contribution in [1.29, 1.82) is 0 Å². The van der Waals surface area contributed by atoms with E-state index in [1.54, 1.807) is 4.90 Å². The van der Waals surface area contributed by atoms with Crippen LogP contribution in [0, 0.1) is 5.82 Å². The second-order valence-corrected chi connectivity index (χ2v) is 9.28. The largest absolute Gasteiger partial charge is 0.418 e. The summed E-state index contributed by atoms with van der Waals surface area (Å²) in [5, 5.41) is 13.0. The Morgan fingerprint density at radius 1 is 1.28 bits per heavy atom. The number of amides is 1. The van der Waals surface area contributed by atoms with E-state index < -0.39 is 29.2 Å². The lowest BCUT2D eigenvalue weighted by atomic mass is 9.97. The van der Waals surface area contributed by atoms with Crippen LogP contribution in [0.1, 0.15) is 36.5 Å². The number of nitrogen functional groups attached to an aromatic ring is 1. The summed E-state index contributed by atoms with van der Waals surface area (Å²) in [7, 11) is 0. The lowest BCUT2D eigenvalue weighted by Crippen LogP contribution is -2.56. The number of nitrogens with one attached hydrogen (secondary N) is 1. The zero-order valence-corrected chi connectivity index (χ0v) is 19.0. The van der Waals surface area contributed by atoms with E-state index in [9.17, 15) is 27.5 Å². The fraction of sp³-hybridized carbons (Fsp3) is 0.455. The van der Waals surface area contributed by atoms with Gasteiger partial charge in [0.25, 0.3) is 0 Å². The molecule has 1 unspecified atom stereocenters. The molecule has 2 aliphatic rings. The molecule has 192 valence electrons. The molecule has 10 nitrogen and oxygen atoms in total. The fourth-order valence-electron chi connectivity index (χ4n) is 4.51. The van der Waals surface area contributed by atoms with Crippen LogP contribution in [0.5, 0.6) is 0 Å². The Morgan fingerprint density at radius 2 is 2.03 bits per heavy atom. The van der Waals surface area contributed by atoms with Crippen molar-refractivity contribution in [1.82, 2.24) is 24.8 Å². The summed E-state index contributed by atoms with van der Waals surface area (Å²) >= 11 is 0. The zero-order valence-electron chi connectivity index (χ0n) is 19.0. The third kappa shape index (κ3) is 4.30. The standard InChI is InChI=1S/C22H24F4N8O2/c23-13-3-4-14(33-6-5-21(28,8-33)20(36)32-11-1-2-11)12(15(13)17(35)22(24,25)26)7-34-10-31-16-18(27)29-9-30-19(16)34/h3-4,9-11,17,35H,1-2,5-8,28H2,(H,32,36)(H2,27,29,30)/t17-,21?/m0/s1. The number of aromatic nitrogens is 4. The first-order valence-electron chi connectivity index (χ1n) is 11.3. The zero-order chi connectivity index (χ0) is 25.8. The van der Waals surface area contributed by atoms with Crippen LogP contribution in [0.25, 0.3) is 11.2 Å². The van der Waals surface area contributed by atoms with Crippen LogP contribution in [-0.2, 0) is 11.3 Å². The van der Waals surface area contributed by atoms with E-state index in [2.05, 4.69) is 20.3 Å². The van der Waals surface area contributed by atoms with Crippen molar-refractivity contribution in [2.75, 3.05) is 23.7 Å². The summed E-state index contributed by atoms with van der Waals surface area (Å²) < 4.78 is 57.0. The smallest absolute Gasteiger partial charge is 0.382 e. The van der Waals surface area contributed by atoms with Gasteiger partial charge in [-0.05, 0) is 31.4 Å². The number of hydrogen-bond acceptors (Lipinski definition) is 8. The molecule has 1 aliphatic carbocycles. The molecule has 0 spiro atoms.